The molecule has 0 fully saturated rings. The van der Waals surface area contributed by atoms with Crippen molar-refractivity contribution in [3.8, 4) is 12.1 Å². The average molecular weight is 277 g/mol. The van der Waals surface area contributed by atoms with Crippen LogP contribution in [0.4, 0.5) is 0 Å². The van der Waals surface area contributed by atoms with Crippen LogP contribution in [-0.2, 0) is 0 Å². The van der Waals surface area contributed by atoms with Crippen molar-refractivity contribution < 1.29 is 9.90 Å². The molecular weight excluding hydrogens is 272 g/mol. The Morgan fingerprint density at radius 1 is 1.38 bits per heavy atom. The molecule has 4 nitrogen and oxygen atoms in total. The van der Waals surface area contributed by atoms with Crippen LogP contribution < -0.4 is 0 Å². The summed E-state index contributed by atoms with van der Waals surface area (Å²) in [6.07, 6.45) is 1.39. The van der Waals surface area contributed by atoms with E-state index in [-0.39, 0.29) is 11.1 Å². The van der Waals surface area contributed by atoms with Gasteiger partial charge in [0.25, 0.3) is 0 Å². The molecule has 0 spiro atoms. The van der Waals surface area contributed by atoms with E-state index in [0.29, 0.717) is 10.0 Å². The summed E-state index contributed by atoms with van der Waals surface area (Å²) in [5.74, 6) is -1.04. The van der Waals surface area contributed by atoms with Crippen molar-refractivity contribution in [3.05, 3.63) is 39.4 Å². The van der Waals surface area contributed by atoms with Gasteiger partial charge in [0.2, 0.25) is 0 Å². The van der Waals surface area contributed by atoms with E-state index in [2.05, 4.69) is 15.9 Å². The van der Waals surface area contributed by atoms with E-state index in [0.717, 1.165) is 0 Å². The predicted octanol–water partition coefficient (Wildman–Crippen LogP) is 2.58. The number of nitriles is 2. The maximum atomic E-state index is 10.7. The smallest absolute Gasteiger partial charge is 0.336 e. The van der Waals surface area contributed by atoms with Gasteiger partial charge in [-0.2, -0.15) is 10.5 Å². The number of nitrogens with zero attached hydrogens (tertiary/aromatic N) is 2. The van der Waals surface area contributed by atoms with Crippen LogP contribution in [0, 0.1) is 22.7 Å². The summed E-state index contributed by atoms with van der Waals surface area (Å²) in [5.41, 5.74) is 0.692. The van der Waals surface area contributed by atoms with Crippen molar-refractivity contribution in [2.75, 3.05) is 0 Å². The Morgan fingerprint density at radius 2 is 2.00 bits per heavy atom. The molecule has 0 bridgehead atoms. The summed E-state index contributed by atoms with van der Waals surface area (Å²) < 4.78 is 0.406. The van der Waals surface area contributed by atoms with Gasteiger partial charge in [-0.25, -0.2) is 4.79 Å². The van der Waals surface area contributed by atoms with E-state index in [1.807, 2.05) is 0 Å². The molecular formula is C11H5BrN2O2. The highest BCUT2D eigenvalue weighted by Crippen LogP contribution is 2.20. The van der Waals surface area contributed by atoms with Crippen molar-refractivity contribution in [1.82, 2.24) is 0 Å². The van der Waals surface area contributed by atoms with Gasteiger partial charge in [-0.1, -0.05) is 6.07 Å². The molecule has 78 valence electrons. The van der Waals surface area contributed by atoms with Gasteiger partial charge in [0, 0.05) is 4.47 Å². The van der Waals surface area contributed by atoms with Gasteiger partial charge < -0.3 is 5.11 Å². The molecule has 1 aromatic carbocycles. The fourth-order valence-electron chi connectivity index (χ4n) is 1.05. The minimum atomic E-state index is -1.04. The fraction of sp³-hybridized carbons (Fsp3) is 0. The first kappa shape index (κ1) is 12.0. The number of hydrogen-bond acceptors (Lipinski definition) is 3. The zero-order valence-electron chi connectivity index (χ0n) is 7.94. The minimum Gasteiger partial charge on any atom is -0.478 e. The summed E-state index contributed by atoms with van der Waals surface area (Å²) in [6, 6.07) is 7.93. The van der Waals surface area contributed by atoms with E-state index in [4.69, 9.17) is 15.6 Å². The Labute approximate surface area is 100 Å². The summed E-state index contributed by atoms with van der Waals surface area (Å²) in [5, 5.41) is 25.9. The largest absolute Gasteiger partial charge is 0.478 e. The molecule has 5 heteroatoms. The van der Waals surface area contributed by atoms with E-state index < -0.39 is 5.97 Å². The van der Waals surface area contributed by atoms with Crippen molar-refractivity contribution >= 4 is 28.0 Å². The average Bonchev–Trinajstić information content (AvgIpc) is 2.25. The van der Waals surface area contributed by atoms with Crippen LogP contribution >= 0.6 is 15.9 Å². The SMILES string of the molecule is N#CC(C#N)=Cc1ccc(C(=O)O)c(Br)c1. The molecule has 0 aliphatic carbocycles. The zero-order chi connectivity index (χ0) is 12.1. The van der Waals surface area contributed by atoms with Crippen molar-refractivity contribution in [2.45, 2.75) is 0 Å². The molecule has 0 saturated carbocycles. The summed E-state index contributed by atoms with van der Waals surface area (Å²) in [4.78, 5) is 10.7. The van der Waals surface area contributed by atoms with Crippen molar-refractivity contribution in [3.63, 3.8) is 0 Å². The summed E-state index contributed by atoms with van der Waals surface area (Å²) >= 11 is 3.11. The maximum Gasteiger partial charge on any atom is 0.336 e. The zero-order valence-corrected chi connectivity index (χ0v) is 9.52. The number of rotatable bonds is 2. The molecule has 1 rings (SSSR count). The van der Waals surface area contributed by atoms with Crippen LogP contribution in [-0.4, -0.2) is 11.1 Å². The number of allylic oxidation sites excluding steroid dienone is 1. The Bertz CT molecular complexity index is 534. The molecule has 0 atom stereocenters. The number of hydrogen-bond donors (Lipinski definition) is 1. The van der Waals surface area contributed by atoms with E-state index in [1.54, 1.807) is 12.1 Å². The molecule has 0 amide bonds. The normalized spacial score (nSPS) is 8.69. The number of carbonyl (C=O) groups is 1. The van der Waals surface area contributed by atoms with Crippen LogP contribution in [0.25, 0.3) is 6.08 Å². The fourth-order valence-corrected chi connectivity index (χ4v) is 1.62. The number of benzene rings is 1. The highest BCUT2D eigenvalue weighted by molar-refractivity contribution is 9.10. The summed E-state index contributed by atoms with van der Waals surface area (Å²) in [7, 11) is 0. The van der Waals surface area contributed by atoms with Crippen molar-refractivity contribution in [2.24, 2.45) is 0 Å². The second-order valence-electron chi connectivity index (χ2n) is 2.83. The van der Waals surface area contributed by atoms with Crippen LogP contribution in [0.2, 0.25) is 0 Å². The number of halogens is 1. The van der Waals surface area contributed by atoms with E-state index in [1.165, 1.54) is 24.3 Å². The molecule has 1 N–H and O–H groups in total. The molecule has 0 unspecified atom stereocenters. The van der Waals surface area contributed by atoms with Crippen LogP contribution in [0.3, 0.4) is 0 Å². The first-order valence-electron chi connectivity index (χ1n) is 4.13. The van der Waals surface area contributed by atoms with Crippen molar-refractivity contribution in [1.29, 1.82) is 10.5 Å². The quantitative estimate of drug-likeness (QED) is 0.842. The first-order valence-corrected chi connectivity index (χ1v) is 4.92. The van der Waals surface area contributed by atoms with Crippen LogP contribution in [0.5, 0.6) is 0 Å². The van der Waals surface area contributed by atoms with E-state index >= 15 is 0 Å². The molecule has 0 aliphatic rings. The van der Waals surface area contributed by atoms with Crippen LogP contribution in [0.1, 0.15) is 15.9 Å². The molecule has 0 radical (unpaired) electrons. The molecule has 16 heavy (non-hydrogen) atoms. The first-order chi connectivity index (χ1) is 7.58. The van der Waals surface area contributed by atoms with E-state index in [9.17, 15) is 4.79 Å². The topological polar surface area (TPSA) is 84.9 Å². The van der Waals surface area contributed by atoms with Gasteiger partial charge in [0.05, 0.1) is 5.56 Å². The Hall–Kier alpha value is -2.11. The number of carboxylic acids is 1. The molecule has 0 saturated heterocycles. The number of aromatic carboxylic acids is 1. The lowest BCUT2D eigenvalue weighted by atomic mass is 10.1. The lowest BCUT2D eigenvalue weighted by Gasteiger charge is -2.00. The minimum absolute atomic E-state index is 0.0324. The maximum absolute atomic E-state index is 10.7. The summed E-state index contributed by atoms with van der Waals surface area (Å²) in [6.45, 7) is 0. The van der Waals surface area contributed by atoms with Crippen LogP contribution in [0.15, 0.2) is 28.2 Å². The molecule has 0 aromatic heterocycles. The third kappa shape index (κ3) is 2.69. The lowest BCUT2D eigenvalue weighted by Crippen LogP contribution is -1.97. The third-order valence-electron chi connectivity index (χ3n) is 1.78. The Morgan fingerprint density at radius 3 is 2.44 bits per heavy atom. The van der Waals surface area contributed by atoms with Gasteiger partial charge in [-0.3, -0.25) is 0 Å². The lowest BCUT2D eigenvalue weighted by molar-refractivity contribution is 0.0696. The van der Waals surface area contributed by atoms with Gasteiger partial charge in [-0.05, 0) is 39.7 Å². The molecule has 0 aliphatic heterocycles. The predicted molar refractivity (Wildman–Crippen MR) is 60.3 cm³/mol. The Kier molecular flexibility index (Phi) is 3.82. The van der Waals surface area contributed by atoms with Gasteiger partial charge in [-0.15, -0.1) is 0 Å². The third-order valence-corrected chi connectivity index (χ3v) is 2.43. The highest BCUT2D eigenvalue weighted by atomic mass is 79.9. The molecule has 1 aromatic rings. The van der Waals surface area contributed by atoms with Gasteiger partial charge >= 0.3 is 5.97 Å². The highest BCUT2D eigenvalue weighted by Gasteiger charge is 2.07. The van der Waals surface area contributed by atoms with Gasteiger partial charge in [0.15, 0.2) is 0 Å². The monoisotopic (exact) mass is 276 g/mol. The molecule has 0 heterocycles. The number of carboxylic acid groups (broad SMARTS) is 1. The van der Waals surface area contributed by atoms with Gasteiger partial charge in [0.1, 0.15) is 17.7 Å². The standard InChI is InChI=1S/C11H5BrN2O2/c12-10-4-7(3-8(5-13)6-14)1-2-9(10)11(15)16/h1-4H,(H,15,16). The second-order valence-corrected chi connectivity index (χ2v) is 3.68. The Balaban J connectivity index is 3.19. The second kappa shape index (κ2) is 5.11.